The van der Waals surface area contributed by atoms with Gasteiger partial charge in [0.2, 0.25) is 0 Å². The molecule has 1 aliphatic rings. The SMILES string of the molecule is CCOC(C1CCCCC1)C(NC)c1c(Br)cnn1C. The number of rotatable bonds is 6. The number of nitrogens with one attached hydrogen (secondary N) is 1. The molecule has 1 aliphatic carbocycles. The van der Waals surface area contributed by atoms with Gasteiger partial charge in [0.1, 0.15) is 0 Å². The van der Waals surface area contributed by atoms with E-state index in [9.17, 15) is 0 Å². The molecule has 0 bridgehead atoms. The minimum Gasteiger partial charge on any atom is -0.376 e. The standard InChI is InChI=1S/C15H26BrN3O/c1-4-20-15(11-8-6-5-7-9-11)13(17-2)14-12(16)10-18-19(14)3/h10-11,13,15,17H,4-9H2,1-3H3. The van der Waals surface area contributed by atoms with Crippen LogP contribution in [0, 0.1) is 5.92 Å². The number of aromatic nitrogens is 2. The van der Waals surface area contributed by atoms with E-state index in [1.807, 2.05) is 25.0 Å². The highest BCUT2D eigenvalue weighted by molar-refractivity contribution is 9.10. The molecule has 0 radical (unpaired) electrons. The van der Waals surface area contributed by atoms with Gasteiger partial charge >= 0.3 is 0 Å². The molecule has 1 aromatic heterocycles. The highest BCUT2D eigenvalue weighted by atomic mass is 79.9. The normalized spacial score (nSPS) is 20.0. The average Bonchev–Trinajstić information content (AvgIpc) is 2.80. The molecule has 5 heteroatoms. The van der Waals surface area contributed by atoms with Crippen molar-refractivity contribution >= 4 is 15.9 Å². The zero-order valence-corrected chi connectivity index (χ0v) is 14.3. The van der Waals surface area contributed by atoms with E-state index in [0.29, 0.717) is 5.92 Å². The maximum atomic E-state index is 6.14. The molecular weight excluding hydrogens is 318 g/mol. The van der Waals surface area contributed by atoms with Gasteiger partial charge in [-0.3, -0.25) is 4.68 Å². The van der Waals surface area contributed by atoms with Gasteiger partial charge < -0.3 is 10.1 Å². The number of halogens is 1. The molecule has 0 saturated heterocycles. The lowest BCUT2D eigenvalue weighted by Gasteiger charge is -2.35. The zero-order chi connectivity index (χ0) is 14.5. The second kappa shape index (κ2) is 7.57. The minimum absolute atomic E-state index is 0.180. The lowest BCUT2D eigenvalue weighted by Crippen LogP contribution is -2.39. The van der Waals surface area contributed by atoms with Crippen molar-refractivity contribution in [3.63, 3.8) is 0 Å². The molecule has 0 aromatic carbocycles. The maximum absolute atomic E-state index is 6.14. The largest absolute Gasteiger partial charge is 0.376 e. The monoisotopic (exact) mass is 343 g/mol. The van der Waals surface area contributed by atoms with Crippen molar-refractivity contribution < 1.29 is 4.74 Å². The van der Waals surface area contributed by atoms with Crippen molar-refractivity contribution in [2.24, 2.45) is 13.0 Å². The van der Waals surface area contributed by atoms with E-state index >= 15 is 0 Å². The van der Waals surface area contributed by atoms with Crippen LogP contribution in [0.15, 0.2) is 10.7 Å². The molecule has 0 spiro atoms. The van der Waals surface area contributed by atoms with Crippen LogP contribution in [0.3, 0.4) is 0 Å². The van der Waals surface area contributed by atoms with Crippen molar-refractivity contribution in [2.75, 3.05) is 13.7 Å². The maximum Gasteiger partial charge on any atom is 0.0813 e. The summed E-state index contributed by atoms with van der Waals surface area (Å²) in [5, 5.41) is 7.80. The van der Waals surface area contributed by atoms with Crippen molar-refractivity contribution in [1.82, 2.24) is 15.1 Å². The summed E-state index contributed by atoms with van der Waals surface area (Å²) in [5.41, 5.74) is 1.18. The van der Waals surface area contributed by atoms with Gasteiger partial charge in [0, 0.05) is 13.7 Å². The molecule has 0 amide bonds. The first kappa shape index (κ1) is 16.0. The molecule has 2 atom stereocenters. The van der Waals surface area contributed by atoms with Crippen molar-refractivity contribution in [1.29, 1.82) is 0 Å². The van der Waals surface area contributed by atoms with Crippen LogP contribution >= 0.6 is 15.9 Å². The van der Waals surface area contributed by atoms with Crippen LogP contribution in [0.1, 0.15) is 50.8 Å². The van der Waals surface area contributed by atoms with Crippen molar-refractivity contribution in [2.45, 2.75) is 51.2 Å². The van der Waals surface area contributed by atoms with Crippen molar-refractivity contribution in [3.8, 4) is 0 Å². The first-order valence-electron chi connectivity index (χ1n) is 7.65. The Hall–Kier alpha value is -0.390. The van der Waals surface area contributed by atoms with E-state index in [-0.39, 0.29) is 12.1 Å². The molecule has 4 nitrogen and oxygen atoms in total. The molecule has 1 N–H and O–H groups in total. The summed E-state index contributed by atoms with van der Waals surface area (Å²) in [5.74, 6) is 0.642. The zero-order valence-electron chi connectivity index (χ0n) is 12.7. The summed E-state index contributed by atoms with van der Waals surface area (Å²) in [6, 6.07) is 0.180. The highest BCUT2D eigenvalue weighted by Crippen LogP contribution is 2.36. The predicted octanol–water partition coefficient (Wildman–Crippen LogP) is 3.43. The Balaban J connectivity index is 2.24. The topological polar surface area (TPSA) is 39.1 Å². The molecule has 20 heavy (non-hydrogen) atoms. The van der Waals surface area contributed by atoms with Crippen molar-refractivity contribution in [3.05, 3.63) is 16.4 Å². The Morgan fingerprint density at radius 1 is 1.45 bits per heavy atom. The van der Waals surface area contributed by atoms with E-state index in [1.165, 1.54) is 37.8 Å². The lowest BCUT2D eigenvalue weighted by molar-refractivity contribution is -0.0185. The quantitative estimate of drug-likeness (QED) is 0.859. The van der Waals surface area contributed by atoms with E-state index in [2.05, 4.69) is 33.3 Å². The summed E-state index contributed by atoms with van der Waals surface area (Å²) in [4.78, 5) is 0. The van der Waals surface area contributed by atoms with Gasteiger partial charge in [-0.25, -0.2) is 0 Å². The van der Waals surface area contributed by atoms with Gasteiger partial charge in [0.25, 0.3) is 0 Å². The Morgan fingerprint density at radius 3 is 2.65 bits per heavy atom. The first-order valence-corrected chi connectivity index (χ1v) is 8.44. The molecule has 1 heterocycles. The Morgan fingerprint density at radius 2 is 2.15 bits per heavy atom. The summed E-state index contributed by atoms with van der Waals surface area (Å²) >= 11 is 3.62. The smallest absolute Gasteiger partial charge is 0.0813 e. The second-order valence-corrected chi connectivity index (χ2v) is 6.44. The number of ether oxygens (including phenoxy) is 1. The Kier molecular flexibility index (Phi) is 6.05. The van der Waals surface area contributed by atoms with Crippen LogP contribution in [-0.2, 0) is 11.8 Å². The fraction of sp³-hybridized carbons (Fsp3) is 0.800. The summed E-state index contributed by atoms with van der Waals surface area (Å²) in [7, 11) is 4.01. The molecule has 1 saturated carbocycles. The van der Waals surface area contributed by atoms with Crippen LogP contribution in [0.5, 0.6) is 0 Å². The first-order chi connectivity index (χ1) is 9.69. The summed E-state index contributed by atoms with van der Waals surface area (Å²) in [6.45, 7) is 2.84. The van der Waals surface area contributed by atoms with E-state index in [0.717, 1.165) is 11.1 Å². The number of likely N-dealkylation sites (N-methyl/N-ethyl adjacent to an activating group) is 1. The third-order valence-corrected chi connectivity index (χ3v) is 4.96. The fourth-order valence-corrected chi connectivity index (χ4v) is 3.98. The van der Waals surface area contributed by atoms with Crippen LogP contribution in [0.2, 0.25) is 0 Å². The molecule has 2 unspecified atom stereocenters. The fourth-order valence-electron chi connectivity index (χ4n) is 3.39. The minimum atomic E-state index is 0.180. The van der Waals surface area contributed by atoms with E-state index < -0.39 is 0 Å². The van der Waals surface area contributed by atoms with Gasteiger partial charge in [-0.05, 0) is 48.7 Å². The van der Waals surface area contributed by atoms with Gasteiger partial charge in [0.05, 0.1) is 28.5 Å². The van der Waals surface area contributed by atoms with Crippen LogP contribution < -0.4 is 5.32 Å². The number of hydrogen-bond donors (Lipinski definition) is 1. The van der Waals surface area contributed by atoms with Crippen LogP contribution in [-0.4, -0.2) is 29.5 Å². The second-order valence-electron chi connectivity index (χ2n) is 5.59. The predicted molar refractivity (Wildman–Crippen MR) is 84.7 cm³/mol. The molecule has 0 aliphatic heterocycles. The van der Waals surface area contributed by atoms with Gasteiger partial charge in [-0.15, -0.1) is 0 Å². The van der Waals surface area contributed by atoms with E-state index in [4.69, 9.17) is 4.74 Å². The molecule has 2 rings (SSSR count). The molecule has 1 aromatic rings. The summed E-state index contributed by atoms with van der Waals surface area (Å²) < 4.78 is 9.14. The van der Waals surface area contributed by atoms with Gasteiger partial charge in [-0.1, -0.05) is 19.3 Å². The number of hydrogen-bond acceptors (Lipinski definition) is 3. The third kappa shape index (κ3) is 3.43. The summed E-state index contributed by atoms with van der Waals surface area (Å²) in [6.07, 6.45) is 8.67. The highest BCUT2D eigenvalue weighted by Gasteiger charge is 2.33. The molecule has 114 valence electrons. The van der Waals surface area contributed by atoms with E-state index in [1.54, 1.807) is 0 Å². The lowest BCUT2D eigenvalue weighted by atomic mass is 9.81. The Bertz CT molecular complexity index is 396. The Labute approximate surface area is 130 Å². The number of nitrogens with zero attached hydrogens (tertiary/aromatic N) is 2. The van der Waals surface area contributed by atoms with Gasteiger partial charge in [0.15, 0.2) is 0 Å². The number of aryl methyl sites for hydroxylation is 1. The third-order valence-electron chi connectivity index (χ3n) is 4.35. The van der Waals surface area contributed by atoms with Crippen LogP contribution in [0.25, 0.3) is 0 Å². The van der Waals surface area contributed by atoms with Gasteiger partial charge in [-0.2, -0.15) is 5.10 Å². The average molecular weight is 344 g/mol. The molecular formula is C15H26BrN3O. The van der Waals surface area contributed by atoms with Crippen LogP contribution in [0.4, 0.5) is 0 Å². The molecule has 1 fully saturated rings.